The van der Waals surface area contributed by atoms with Crippen molar-refractivity contribution >= 4 is 11.8 Å². The highest BCUT2D eigenvalue weighted by Crippen LogP contribution is 2.28. The van der Waals surface area contributed by atoms with Gasteiger partial charge in [-0.2, -0.15) is 0 Å². The van der Waals surface area contributed by atoms with E-state index in [0.29, 0.717) is 18.9 Å². The Morgan fingerprint density at radius 1 is 1.04 bits per heavy atom. The molecule has 130 valence electrons. The van der Waals surface area contributed by atoms with Gasteiger partial charge in [0.1, 0.15) is 0 Å². The van der Waals surface area contributed by atoms with Crippen LogP contribution in [0.15, 0.2) is 18.2 Å². The molecule has 3 N–H and O–H groups in total. The Balaban J connectivity index is 1.32. The van der Waals surface area contributed by atoms with E-state index in [4.69, 9.17) is 0 Å². The van der Waals surface area contributed by atoms with Gasteiger partial charge in [-0.15, -0.1) is 0 Å². The largest absolute Gasteiger partial charge is 0.350 e. The molecule has 0 unspecified atom stereocenters. The summed E-state index contributed by atoms with van der Waals surface area (Å²) in [6.45, 7) is 2.39. The summed E-state index contributed by atoms with van der Waals surface area (Å²) in [6, 6.07) is 6.30. The van der Waals surface area contributed by atoms with Crippen molar-refractivity contribution in [1.82, 2.24) is 16.0 Å². The number of rotatable bonds is 7. The molecule has 1 heterocycles. The van der Waals surface area contributed by atoms with Crippen molar-refractivity contribution in [3.05, 3.63) is 34.9 Å². The van der Waals surface area contributed by atoms with Gasteiger partial charge in [-0.3, -0.25) is 9.59 Å². The van der Waals surface area contributed by atoms with Gasteiger partial charge in [-0.25, -0.2) is 0 Å². The Morgan fingerprint density at radius 3 is 2.67 bits per heavy atom. The van der Waals surface area contributed by atoms with Crippen LogP contribution in [0.4, 0.5) is 0 Å². The molecule has 2 amide bonds. The average molecular weight is 329 g/mol. The predicted molar refractivity (Wildman–Crippen MR) is 93.0 cm³/mol. The number of carbonyl (C=O) groups is 2. The molecular formula is C19H27N3O2. The summed E-state index contributed by atoms with van der Waals surface area (Å²) in [7, 11) is 0. The number of fused-ring (bicyclic) bond motifs is 1. The second-order valence-electron chi connectivity index (χ2n) is 6.95. The summed E-state index contributed by atoms with van der Waals surface area (Å²) < 4.78 is 0. The lowest BCUT2D eigenvalue weighted by molar-refractivity contribution is -0.126. The third-order valence-corrected chi connectivity index (χ3v) is 5.09. The summed E-state index contributed by atoms with van der Waals surface area (Å²) in [5.41, 5.74) is 3.74. The van der Waals surface area contributed by atoms with Gasteiger partial charge in [0, 0.05) is 26.1 Å². The van der Waals surface area contributed by atoms with E-state index in [9.17, 15) is 9.59 Å². The van der Waals surface area contributed by atoms with Crippen molar-refractivity contribution in [2.45, 2.75) is 58.2 Å². The highest BCUT2D eigenvalue weighted by molar-refractivity contribution is 5.84. The summed E-state index contributed by atoms with van der Waals surface area (Å²) in [5, 5.41) is 8.90. The molecule has 0 radical (unpaired) electrons. The fourth-order valence-corrected chi connectivity index (χ4v) is 3.62. The maximum Gasteiger partial charge on any atom is 0.239 e. The molecule has 0 spiro atoms. The molecule has 1 aliphatic carbocycles. The van der Waals surface area contributed by atoms with E-state index in [-0.39, 0.29) is 18.4 Å². The van der Waals surface area contributed by atoms with E-state index in [2.05, 4.69) is 28.1 Å². The summed E-state index contributed by atoms with van der Waals surface area (Å²) >= 11 is 0. The lowest BCUT2D eigenvalue weighted by Crippen LogP contribution is -2.36. The van der Waals surface area contributed by atoms with Crippen LogP contribution >= 0.6 is 0 Å². The number of nitrogens with one attached hydrogen (secondary N) is 3. The topological polar surface area (TPSA) is 70.2 Å². The smallest absolute Gasteiger partial charge is 0.239 e. The van der Waals surface area contributed by atoms with Gasteiger partial charge < -0.3 is 16.0 Å². The third-order valence-electron chi connectivity index (χ3n) is 5.09. The van der Waals surface area contributed by atoms with Gasteiger partial charge in [0.05, 0.1) is 6.54 Å². The van der Waals surface area contributed by atoms with Crippen LogP contribution in [-0.2, 0) is 29.2 Å². The number of carbonyl (C=O) groups excluding carboxylic acids is 2. The predicted octanol–water partition coefficient (Wildman–Crippen LogP) is 1.99. The van der Waals surface area contributed by atoms with Crippen LogP contribution < -0.4 is 16.0 Å². The normalized spacial score (nSPS) is 16.8. The zero-order chi connectivity index (χ0) is 16.8. The molecule has 2 aliphatic rings. The van der Waals surface area contributed by atoms with Gasteiger partial charge in [0.15, 0.2) is 0 Å². The molecule has 5 heteroatoms. The van der Waals surface area contributed by atoms with Gasteiger partial charge >= 0.3 is 0 Å². The van der Waals surface area contributed by atoms with Gasteiger partial charge in [-0.05, 0) is 29.0 Å². The van der Waals surface area contributed by atoms with Crippen molar-refractivity contribution in [3.8, 4) is 0 Å². The zero-order valence-electron chi connectivity index (χ0n) is 14.2. The van der Waals surface area contributed by atoms with Crippen LogP contribution in [-0.4, -0.2) is 18.4 Å². The van der Waals surface area contributed by atoms with Crippen LogP contribution in [0.1, 0.15) is 55.2 Å². The minimum atomic E-state index is -0.136. The fourth-order valence-electron chi connectivity index (χ4n) is 3.62. The molecule has 0 atom stereocenters. The molecule has 1 fully saturated rings. The lowest BCUT2D eigenvalue weighted by Gasteiger charge is -2.10. The zero-order valence-corrected chi connectivity index (χ0v) is 14.2. The maximum absolute atomic E-state index is 11.9. The third kappa shape index (κ3) is 4.81. The summed E-state index contributed by atoms with van der Waals surface area (Å²) in [6.07, 6.45) is 6.60. The molecular weight excluding hydrogens is 302 g/mol. The molecule has 0 saturated heterocycles. The number of amides is 2. The molecule has 1 aromatic rings. The standard InChI is InChI=1S/C19H27N3O2/c23-18(8-6-14-3-1-2-4-14)22-13-19(24)21-10-15-5-7-16-11-20-12-17(16)9-15/h5,7,9,14,20H,1-4,6,8,10-13H2,(H,21,24)(H,22,23). The number of hydrogen-bond donors (Lipinski definition) is 3. The quantitative estimate of drug-likeness (QED) is 0.716. The number of hydrogen-bond acceptors (Lipinski definition) is 3. The minimum Gasteiger partial charge on any atom is -0.350 e. The van der Waals surface area contributed by atoms with Crippen LogP contribution in [0.3, 0.4) is 0 Å². The fraction of sp³-hybridized carbons (Fsp3) is 0.579. The van der Waals surface area contributed by atoms with Crippen LogP contribution in [0.5, 0.6) is 0 Å². The van der Waals surface area contributed by atoms with Crippen molar-refractivity contribution in [2.75, 3.05) is 6.54 Å². The monoisotopic (exact) mass is 329 g/mol. The first-order chi connectivity index (χ1) is 11.7. The summed E-state index contributed by atoms with van der Waals surface area (Å²) in [5.74, 6) is 0.558. The highest BCUT2D eigenvalue weighted by atomic mass is 16.2. The Kier molecular flexibility index (Phi) is 5.86. The molecule has 1 aromatic carbocycles. The Hall–Kier alpha value is -1.88. The highest BCUT2D eigenvalue weighted by Gasteiger charge is 2.16. The maximum atomic E-state index is 11.9. The van der Waals surface area contributed by atoms with Crippen molar-refractivity contribution < 1.29 is 9.59 Å². The van der Waals surface area contributed by atoms with E-state index < -0.39 is 0 Å². The van der Waals surface area contributed by atoms with E-state index in [1.807, 2.05) is 6.07 Å². The Morgan fingerprint density at radius 2 is 1.83 bits per heavy atom. The second kappa shape index (κ2) is 8.29. The Labute approximate surface area is 143 Å². The van der Waals surface area contributed by atoms with E-state index in [0.717, 1.165) is 25.1 Å². The first-order valence-electron chi connectivity index (χ1n) is 9.05. The van der Waals surface area contributed by atoms with Crippen molar-refractivity contribution in [3.63, 3.8) is 0 Å². The van der Waals surface area contributed by atoms with Crippen molar-refractivity contribution in [2.24, 2.45) is 5.92 Å². The minimum absolute atomic E-state index is 0.0133. The molecule has 24 heavy (non-hydrogen) atoms. The van der Waals surface area contributed by atoms with E-state index in [1.54, 1.807) is 0 Å². The average Bonchev–Trinajstić information content (AvgIpc) is 3.26. The SMILES string of the molecule is O=C(CCC1CCCC1)NCC(=O)NCc1ccc2c(c1)CNC2. The lowest BCUT2D eigenvalue weighted by atomic mass is 10.0. The second-order valence-corrected chi connectivity index (χ2v) is 6.95. The molecule has 3 rings (SSSR count). The number of benzene rings is 1. The van der Waals surface area contributed by atoms with Crippen LogP contribution in [0, 0.1) is 5.92 Å². The molecule has 1 saturated carbocycles. The Bertz CT molecular complexity index is 594. The molecule has 0 aromatic heterocycles. The molecule has 0 bridgehead atoms. The van der Waals surface area contributed by atoms with E-state index in [1.165, 1.54) is 36.8 Å². The van der Waals surface area contributed by atoms with Crippen LogP contribution in [0.2, 0.25) is 0 Å². The molecule has 5 nitrogen and oxygen atoms in total. The first-order valence-corrected chi connectivity index (χ1v) is 9.05. The first kappa shape index (κ1) is 17.0. The van der Waals surface area contributed by atoms with Gasteiger partial charge in [0.25, 0.3) is 0 Å². The van der Waals surface area contributed by atoms with Gasteiger partial charge in [-0.1, -0.05) is 43.9 Å². The van der Waals surface area contributed by atoms with E-state index >= 15 is 0 Å². The van der Waals surface area contributed by atoms with Crippen LogP contribution in [0.25, 0.3) is 0 Å². The summed E-state index contributed by atoms with van der Waals surface area (Å²) in [4.78, 5) is 23.7. The van der Waals surface area contributed by atoms with Crippen molar-refractivity contribution in [1.29, 1.82) is 0 Å². The van der Waals surface area contributed by atoms with Gasteiger partial charge in [0.2, 0.25) is 11.8 Å². The molecule has 1 aliphatic heterocycles.